The van der Waals surface area contributed by atoms with E-state index in [4.69, 9.17) is 4.74 Å². The monoisotopic (exact) mass is 532 g/mol. The summed E-state index contributed by atoms with van der Waals surface area (Å²) in [5.74, 6) is 0.749. The number of nitrogens with one attached hydrogen (secondary N) is 2. The fourth-order valence-electron chi connectivity index (χ4n) is 4.08. The topological polar surface area (TPSA) is 83.8 Å². The van der Waals surface area contributed by atoms with E-state index in [1.165, 1.54) is 18.5 Å². The molecule has 0 radical (unpaired) electrons. The normalized spacial score (nSPS) is 20.0. The van der Waals surface area contributed by atoms with Crippen molar-refractivity contribution in [2.45, 2.75) is 70.4 Å². The number of hydrogen-bond acceptors (Lipinski definition) is 5. The van der Waals surface area contributed by atoms with Gasteiger partial charge in [-0.15, -0.1) is 24.0 Å². The zero-order valence-electron chi connectivity index (χ0n) is 18.3. The molecular formula is C21H37IN6O2. The number of esters is 1. The lowest BCUT2D eigenvalue weighted by Crippen LogP contribution is -2.51. The predicted octanol–water partition coefficient (Wildman–Crippen LogP) is 2.83. The largest absolute Gasteiger partial charge is 0.462 e. The lowest BCUT2D eigenvalue weighted by Gasteiger charge is -2.34. The number of guanidine groups is 1. The van der Waals surface area contributed by atoms with Gasteiger partial charge in [0.1, 0.15) is 6.10 Å². The number of aryl methyl sites for hydroxylation is 1. The number of aliphatic imine (C=N–C) groups is 1. The van der Waals surface area contributed by atoms with Crippen molar-refractivity contribution in [3.05, 3.63) is 12.4 Å². The molecule has 1 aromatic heterocycles. The minimum absolute atomic E-state index is 0. The minimum Gasteiger partial charge on any atom is -0.462 e. The fourth-order valence-corrected chi connectivity index (χ4v) is 4.08. The third-order valence-electron chi connectivity index (χ3n) is 5.57. The van der Waals surface area contributed by atoms with Gasteiger partial charge < -0.3 is 20.3 Å². The van der Waals surface area contributed by atoms with Crippen molar-refractivity contribution in [3.8, 4) is 0 Å². The van der Waals surface area contributed by atoms with E-state index in [2.05, 4.69) is 38.7 Å². The van der Waals surface area contributed by atoms with Gasteiger partial charge in [-0.05, 0) is 51.9 Å². The van der Waals surface area contributed by atoms with Crippen molar-refractivity contribution in [1.29, 1.82) is 0 Å². The third-order valence-corrected chi connectivity index (χ3v) is 5.57. The molecule has 1 saturated carbocycles. The zero-order valence-corrected chi connectivity index (χ0v) is 20.6. The van der Waals surface area contributed by atoms with Crippen molar-refractivity contribution in [2.75, 3.05) is 31.1 Å². The highest BCUT2D eigenvalue weighted by atomic mass is 127. The Hall–Kier alpha value is -1.52. The quantitative estimate of drug-likeness (QED) is 0.176. The summed E-state index contributed by atoms with van der Waals surface area (Å²) in [6.45, 7) is 5.49. The van der Waals surface area contributed by atoms with Gasteiger partial charge in [0.2, 0.25) is 0 Å². The van der Waals surface area contributed by atoms with Crippen LogP contribution < -0.4 is 15.5 Å². The van der Waals surface area contributed by atoms with Crippen molar-refractivity contribution in [2.24, 2.45) is 12.0 Å². The average molecular weight is 532 g/mol. The first-order valence-electron chi connectivity index (χ1n) is 11.1. The second-order valence-electron chi connectivity index (χ2n) is 8.06. The first kappa shape index (κ1) is 24.7. The molecule has 170 valence electrons. The van der Waals surface area contributed by atoms with Gasteiger partial charge in [0.15, 0.2) is 5.96 Å². The third kappa shape index (κ3) is 7.96. The molecule has 3 rings (SSSR count). The fraction of sp³-hybridized carbons (Fsp3) is 0.762. The average Bonchev–Trinajstić information content (AvgIpc) is 3.37. The molecule has 0 bridgehead atoms. The summed E-state index contributed by atoms with van der Waals surface area (Å²) in [5, 5.41) is 11.2. The molecule has 0 aromatic carbocycles. The van der Waals surface area contributed by atoms with Crippen LogP contribution in [0.3, 0.4) is 0 Å². The van der Waals surface area contributed by atoms with Gasteiger partial charge >= 0.3 is 5.97 Å². The number of hydrogen-bond donors (Lipinski definition) is 2. The minimum atomic E-state index is -0.0792. The maximum absolute atomic E-state index is 11.9. The standard InChI is InChI=1S/C21H36N6O2.HI/c1-3-22-21(23-12-6-11-20(28)29-19-9-4-5-10-19)25-17-8-7-13-27(15-17)18-14-24-26(2)16-18;/h14,16-17,19H,3-13,15H2,1-2H3,(H2,22,23,25);1H. The summed E-state index contributed by atoms with van der Waals surface area (Å²) >= 11 is 0. The van der Waals surface area contributed by atoms with Gasteiger partial charge in [-0.2, -0.15) is 5.10 Å². The predicted molar refractivity (Wildman–Crippen MR) is 131 cm³/mol. The van der Waals surface area contributed by atoms with E-state index in [0.717, 1.165) is 51.3 Å². The lowest BCUT2D eigenvalue weighted by atomic mass is 10.1. The summed E-state index contributed by atoms with van der Waals surface area (Å²) in [6, 6.07) is 0.342. The Morgan fingerprint density at radius 1 is 1.30 bits per heavy atom. The molecule has 9 heteroatoms. The summed E-state index contributed by atoms with van der Waals surface area (Å²) in [5.41, 5.74) is 1.17. The van der Waals surface area contributed by atoms with Crippen LogP contribution in [0.1, 0.15) is 58.3 Å². The van der Waals surface area contributed by atoms with Crippen LogP contribution in [-0.2, 0) is 16.6 Å². The van der Waals surface area contributed by atoms with E-state index >= 15 is 0 Å². The molecule has 1 aliphatic heterocycles. The van der Waals surface area contributed by atoms with Gasteiger partial charge in [-0.25, -0.2) is 0 Å². The van der Waals surface area contributed by atoms with Crippen LogP contribution in [0, 0.1) is 0 Å². The molecule has 2 N–H and O–H groups in total. The van der Waals surface area contributed by atoms with Crippen LogP contribution in [0.15, 0.2) is 17.4 Å². The molecule has 0 spiro atoms. The highest BCUT2D eigenvalue weighted by molar-refractivity contribution is 14.0. The number of anilines is 1. The van der Waals surface area contributed by atoms with Gasteiger partial charge in [0.05, 0.1) is 11.9 Å². The Kier molecular flexibility index (Phi) is 10.7. The van der Waals surface area contributed by atoms with Gasteiger partial charge in [0, 0.05) is 51.9 Å². The molecule has 2 aliphatic rings. The Morgan fingerprint density at radius 2 is 2.10 bits per heavy atom. The molecule has 30 heavy (non-hydrogen) atoms. The van der Waals surface area contributed by atoms with Crippen molar-refractivity contribution >= 4 is 41.6 Å². The number of piperidine rings is 1. The van der Waals surface area contributed by atoms with Crippen LogP contribution in [0.4, 0.5) is 5.69 Å². The maximum Gasteiger partial charge on any atom is 0.306 e. The Labute approximate surface area is 197 Å². The molecule has 2 fully saturated rings. The molecule has 8 nitrogen and oxygen atoms in total. The molecule has 1 aromatic rings. The van der Waals surface area contributed by atoms with Crippen molar-refractivity contribution in [1.82, 2.24) is 20.4 Å². The summed E-state index contributed by atoms with van der Waals surface area (Å²) in [7, 11) is 1.95. The van der Waals surface area contributed by atoms with E-state index in [1.807, 2.05) is 17.9 Å². The molecule has 1 atom stereocenters. The van der Waals surface area contributed by atoms with Crippen LogP contribution in [-0.4, -0.2) is 60.0 Å². The number of halogens is 1. The smallest absolute Gasteiger partial charge is 0.306 e. The number of aromatic nitrogens is 2. The van der Waals surface area contributed by atoms with Crippen LogP contribution in [0.5, 0.6) is 0 Å². The first-order chi connectivity index (χ1) is 14.1. The van der Waals surface area contributed by atoms with Crippen LogP contribution in [0.2, 0.25) is 0 Å². The zero-order chi connectivity index (χ0) is 20.5. The number of nitrogens with zero attached hydrogens (tertiary/aromatic N) is 4. The summed E-state index contributed by atoms with van der Waals surface area (Å²) in [6.07, 6.45) is 12.0. The van der Waals surface area contributed by atoms with E-state index in [9.17, 15) is 4.79 Å². The van der Waals surface area contributed by atoms with E-state index in [1.54, 1.807) is 0 Å². The summed E-state index contributed by atoms with van der Waals surface area (Å²) < 4.78 is 7.35. The molecule has 1 unspecified atom stereocenters. The Bertz CT molecular complexity index is 674. The SMILES string of the molecule is CCNC(=NCCCC(=O)OC1CCCC1)NC1CCCN(c2cnn(C)c2)C1.I. The van der Waals surface area contributed by atoms with Gasteiger partial charge in [0.25, 0.3) is 0 Å². The van der Waals surface area contributed by atoms with Gasteiger partial charge in [-0.3, -0.25) is 14.5 Å². The molecule has 1 saturated heterocycles. The van der Waals surface area contributed by atoms with E-state index in [0.29, 0.717) is 25.4 Å². The Balaban J connectivity index is 0.00000320. The van der Waals surface area contributed by atoms with E-state index < -0.39 is 0 Å². The maximum atomic E-state index is 11.9. The van der Waals surface area contributed by atoms with Crippen LogP contribution >= 0.6 is 24.0 Å². The van der Waals surface area contributed by atoms with Crippen molar-refractivity contribution < 1.29 is 9.53 Å². The highest BCUT2D eigenvalue weighted by Gasteiger charge is 2.22. The number of carbonyl (C=O) groups excluding carboxylic acids is 1. The molecule has 2 heterocycles. The number of ether oxygens (including phenoxy) is 1. The summed E-state index contributed by atoms with van der Waals surface area (Å²) in [4.78, 5) is 19.0. The second kappa shape index (κ2) is 13.0. The number of rotatable bonds is 8. The molecule has 1 aliphatic carbocycles. The molecule has 0 amide bonds. The number of carbonyl (C=O) groups is 1. The van der Waals surface area contributed by atoms with Gasteiger partial charge in [-0.1, -0.05) is 0 Å². The van der Waals surface area contributed by atoms with Crippen molar-refractivity contribution in [3.63, 3.8) is 0 Å². The molecular weight excluding hydrogens is 495 g/mol. The van der Waals surface area contributed by atoms with E-state index in [-0.39, 0.29) is 36.0 Å². The first-order valence-corrected chi connectivity index (χ1v) is 11.1. The second-order valence-corrected chi connectivity index (χ2v) is 8.06. The Morgan fingerprint density at radius 3 is 2.80 bits per heavy atom. The van der Waals surface area contributed by atoms with Crippen LogP contribution in [0.25, 0.3) is 0 Å². The highest BCUT2D eigenvalue weighted by Crippen LogP contribution is 2.21. The lowest BCUT2D eigenvalue weighted by molar-refractivity contribution is -0.148.